The highest BCUT2D eigenvalue weighted by molar-refractivity contribution is 5.89. The van der Waals surface area contributed by atoms with Crippen LogP contribution in [0.4, 0.5) is 8.78 Å². The Hall–Kier alpha value is -3.14. The second kappa shape index (κ2) is 14.2. The summed E-state index contributed by atoms with van der Waals surface area (Å²) in [5.74, 6) is -3.07. The van der Waals surface area contributed by atoms with Crippen molar-refractivity contribution in [2.75, 3.05) is 45.9 Å². The number of halogens is 2. The summed E-state index contributed by atoms with van der Waals surface area (Å²) in [5, 5.41) is 15.6. The van der Waals surface area contributed by atoms with Crippen LogP contribution in [0, 0.1) is 11.6 Å². The number of ether oxygens (including phenoxy) is 1. The van der Waals surface area contributed by atoms with Gasteiger partial charge in [-0.15, -0.1) is 0 Å². The number of hydrogen-bond acceptors (Lipinski definition) is 5. The molecule has 0 saturated carbocycles. The number of hydrogen-bond donors (Lipinski definition) is 2. The zero-order valence-electron chi connectivity index (χ0n) is 19.1. The molecule has 1 saturated heterocycles. The molecular weight excluding hydrogens is 446 g/mol. The van der Waals surface area contributed by atoms with Gasteiger partial charge in [-0.1, -0.05) is 31.2 Å². The fourth-order valence-corrected chi connectivity index (χ4v) is 3.43. The third-order valence-corrected chi connectivity index (χ3v) is 5.32. The molecular formula is C25H30F2N2O5. The zero-order chi connectivity index (χ0) is 24.9. The lowest BCUT2D eigenvalue weighted by molar-refractivity contribution is -0.134. The average molecular weight is 477 g/mol. The molecule has 0 spiro atoms. The number of carbonyl (C=O) groups is 2. The van der Waals surface area contributed by atoms with E-state index in [9.17, 15) is 18.4 Å². The van der Waals surface area contributed by atoms with E-state index in [1.54, 1.807) is 24.3 Å². The molecule has 34 heavy (non-hydrogen) atoms. The molecule has 0 amide bonds. The van der Waals surface area contributed by atoms with Crippen LogP contribution in [0.5, 0.6) is 0 Å². The van der Waals surface area contributed by atoms with Gasteiger partial charge in [0.25, 0.3) is 0 Å². The number of carboxylic acid groups (broad SMARTS) is 2. The van der Waals surface area contributed by atoms with E-state index in [1.807, 2.05) is 0 Å². The molecule has 2 N–H and O–H groups in total. The fourth-order valence-electron chi connectivity index (χ4n) is 3.43. The summed E-state index contributed by atoms with van der Waals surface area (Å²) in [6.07, 6.45) is 0.790. The number of aliphatic carboxylic acids is 2. The summed E-state index contributed by atoms with van der Waals surface area (Å²) in [4.78, 5) is 24.0. The summed E-state index contributed by atoms with van der Waals surface area (Å²) in [5.41, 5.74) is 1.74. The van der Waals surface area contributed by atoms with Crippen LogP contribution in [0.25, 0.3) is 0 Å². The third kappa shape index (κ3) is 9.78. The summed E-state index contributed by atoms with van der Waals surface area (Å²) in [7, 11) is 0. The molecule has 184 valence electrons. The molecule has 2 aromatic rings. The largest absolute Gasteiger partial charge is 0.478 e. The lowest BCUT2D eigenvalue weighted by atomic mass is 10.0. The topological polar surface area (TPSA) is 90.3 Å². The molecule has 3 rings (SSSR count). The number of piperazine rings is 1. The van der Waals surface area contributed by atoms with Crippen molar-refractivity contribution in [3.63, 3.8) is 0 Å². The monoisotopic (exact) mass is 476 g/mol. The van der Waals surface area contributed by atoms with Crippen molar-refractivity contribution in [1.29, 1.82) is 0 Å². The van der Waals surface area contributed by atoms with E-state index in [1.165, 1.54) is 24.3 Å². The second-order valence-corrected chi connectivity index (χ2v) is 7.64. The molecule has 1 aliphatic rings. The Kier molecular flexibility index (Phi) is 11.3. The Labute approximate surface area is 197 Å². The first kappa shape index (κ1) is 27.1. The van der Waals surface area contributed by atoms with Crippen molar-refractivity contribution in [2.24, 2.45) is 0 Å². The van der Waals surface area contributed by atoms with Gasteiger partial charge in [0.1, 0.15) is 17.7 Å². The van der Waals surface area contributed by atoms with Crippen LogP contribution in [0.2, 0.25) is 0 Å². The van der Waals surface area contributed by atoms with Crippen molar-refractivity contribution in [3.05, 3.63) is 83.4 Å². The Morgan fingerprint density at radius 2 is 1.26 bits per heavy atom. The molecule has 0 aromatic heterocycles. The quantitative estimate of drug-likeness (QED) is 0.536. The van der Waals surface area contributed by atoms with Crippen molar-refractivity contribution >= 4 is 11.9 Å². The SMILES string of the molecule is CCN1CCN(CCOC(c2ccc(F)cc2)c2ccc(F)cc2)CC1.O=C(O)/C=C/C(=O)O. The van der Waals surface area contributed by atoms with Crippen LogP contribution in [0.1, 0.15) is 24.2 Å². The van der Waals surface area contributed by atoms with Crippen LogP contribution in [0.15, 0.2) is 60.7 Å². The first-order chi connectivity index (χ1) is 16.3. The molecule has 0 bridgehead atoms. The number of likely N-dealkylation sites (N-methyl/N-ethyl adjacent to an activating group) is 1. The van der Waals surface area contributed by atoms with Gasteiger partial charge in [-0.3, -0.25) is 4.90 Å². The molecule has 9 heteroatoms. The fraction of sp³-hybridized carbons (Fsp3) is 0.360. The first-order valence-corrected chi connectivity index (χ1v) is 11.0. The van der Waals surface area contributed by atoms with Crippen LogP contribution < -0.4 is 0 Å². The van der Waals surface area contributed by atoms with Crippen LogP contribution >= 0.6 is 0 Å². The Bertz CT molecular complexity index is 866. The first-order valence-electron chi connectivity index (χ1n) is 11.0. The van der Waals surface area contributed by atoms with Crippen LogP contribution in [-0.4, -0.2) is 77.8 Å². The van der Waals surface area contributed by atoms with E-state index in [0.29, 0.717) is 18.8 Å². The summed E-state index contributed by atoms with van der Waals surface area (Å²) in [6.45, 7) is 9.01. The lowest BCUT2D eigenvalue weighted by Crippen LogP contribution is -2.47. The van der Waals surface area contributed by atoms with E-state index in [4.69, 9.17) is 14.9 Å². The lowest BCUT2D eigenvalue weighted by Gasteiger charge is -2.34. The highest BCUT2D eigenvalue weighted by Crippen LogP contribution is 2.26. The predicted molar refractivity (Wildman–Crippen MR) is 124 cm³/mol. The Balaban J connectivity index is 0.000000440. The van der Waals surface area contributed by atoms with Crippen molar-refractivity contribution < 1.29 is 33.3 Å². The van der Waals surface area contributed by atoms with Crippen molar-refractivity contribution in [2.45, 2.75) is 13.0 Å². The smallest absolute Gasteiger partial charge is 0.328 e. The van der Waals surface area contributed by atoms with Gasteiger partial charge in [0, 0.05) is 44.9 Å². The normalized spacial score (nSPS) is 14.7. The molecule has 7 nitrogen and oxygen atoms in total. The van der Waals surface area contributed by atoms with E-state index in [0.717, 1.165) is 50.4 Å². The van der Waals surface area contributed by atoms with E-state index >= 15 is 0 Å². The van der Waals surface area contributed by atoms with Gasteiger partial charge in [-0.2, -0.15) is 0 Å². The molecule has 1 heterocycles. The van der Waals surface area contributed by atoms with Gasteiger partial charge in [0.05, 0.1) is 6.61 Å². The molecule has 0 aliphatic carbocycles. The minimum atomic E-state index is -1.26. The molecule has 1 aliphatic heterocycles. The number of carboxylic acids is 2. The highest BCUT2D eigenvalue weighted by atomic mass is 19.1. The van der Waals surface area contributed by atoms with Gasteiger partial charge in [0.15, 0.2) is 0 Å². The molecule has 0 atom stereocenters. The Morgan fingerprint density at radius 3 is 1.65 bits per heavy atom. The summed E-state index contributed by atoms with van der Waals surface area (Å²) < 4.78 is 32.7. The number of nitrogens with zero attached hydrogens (tertiary/aromatic N) is 2. The van der Waals surface area contributed by atoms with Crippen molar-refractivity contribution in [1.82, 2.24) is 9.80 Å². The highest BCUT2D eigenvalue weighted by Gasteiger charge is 2.18. The van der Waals surface area contributed by atoms with Gasteiger partial charge >= 0.3 is 11.9 Å². The van der Waals surface area contributed by atoms with Crippen molar-refractivity contribution in [3.8, 4) is 0 Å². The van der Waals surface area contributed by atoms with E-state index < -0.39 is 11.9 Å². The van der Waals surface area contributed by atoms with E-state index in [2.05, 4.69) is 16.7 Å². The average Bonchev–Trinajstić information content (AvgIpc) is 2.83. The second-order valence-electron chi connectivity index (χ2n) is 7.64. The maximum absolute atomic E-state index is 13.3. The number of rotatable bonds is 9. The minimum absolute atomic E-state index is 0.277. The van der Waals surface area contributed by atoms with Gasteiger partial charge < -0.3 is 19.8 Å². The van der Waals surface area contributed by atoms with Gasteiger partial charge in [0.2, 0.25) is 0 Å². The predicted octanol–water partition coefficient (Wildman–Crippen LogP) is 3.42. The molecule has 0 radical (unpaired) electrons. The standard InChI is InChI=1S/C21H26F2N2O.C4H4O4/c1-2-24-11-13-25(14-12-24)15-16-26-21(17-3-7-19(22)8-4-17)18-5-9-20(23)10-6-18;5-3(6)1-2-4(7)8/h3-10,21H,2,11-16H2,1H3;1-2H,(H,5,6)(H,7,8)/b;2-1+. The minimum Gasteiger partial charge on any atom is -0.478 e. The zero-order valence-corrected chi connectivity index (χ0v) is 19.1. The van der Waals surface area contributed by atoms with E-state index in [-0.39, 0.29) is 17.7 Å². The molecule has 0 unspecified atom stereocenters. The maximum atomic E-state index is 13.3. The van der Waals surface area contributed by atoms with Crippen LogP contribution in [0.3, 0.4) is 0 Å². The summed E-state index contributed by atoms with van der Waals surface area (Å²) in [6, 6.07) is 12.6. The maximum Gasteiger partial charge on any atom is 0.328 e. The van der Waals surface area contributed by atoms with Gasteiger partial charge in [-0.05, 0) is 41.9 Å². The number of benzene rings is 2. The molecule has 2 aromatic carbocycles. The van der Waals surface area contributed by atoms with Crippen LogP contribution in [-0.2, 0) is 14.3 Å². The summed E-state index contributed by atoms with van der Waals surface area (Å²) >= 11 is 0. The third-order valence-electron chi connectivity index (χ3n) is 5.32. The Morgan fingerprint density at radius 1 is 0.853 bits per heavy atom. The molecule has 1 fully saturated rings. The van der Waals surface area contributed by atoms with Gasteiger partial charge in [-0.25, -0.2) is 18.4 Å².